The van der Waals surface area contributed by atoms with Gasteiger partial charge in [-0.2, -0.15) is 9.50 Å². The number of amides is 2. The second-order valence-corrected chi connectivity index (χ2v) is 5.49. The number of rotatable bonds is 3. The summed E-state index contributed by atoms with van der Waals surface area (Å²) in [5, 5.41) is 8.14. The topological polar surface area (TPSA) is 104 Å². The molecule has 0 bridgehead atoms. The second-order valence-electron chi connectivity index (χ2n) is 5.49. The minimum Gasteiger partial charge on any atom is -0.308 e. The number of nitrogens with zero attached hydrogens (tertiary/aromatic N) is 3. The smallest absolute Gasteiger partial charge is 0.308 e. The number of benzene rings is 1. The minimum absolute atomic E-state index is 0.115. The van der Waals surface area contributed by atoms with E-state index in [1.807, 2.05) is 32.0 Å². The Balaban J connectivity index is 1.89. The predicted molar refractivity (Wildman–Crippen MR) is 91.5 cm³/mol. The molecule has 24 heavy (non-hydrogen) atoms. The van der Waals surface area contributed by atoms with Gasteiger partial charge < -0.3 is 10.6 Å². The molecule has 0 radical (unpaired) electrons. The van der Waals surface area contributed by atoms with E-state index in [1.165, 1.54) is 4.52 Å². The molecule has 3 aromatic rings. The molecule has 3 N–H and O–H groups in total. The number of hydrogen-bond donors (Lipinski definition) is 3. The van der Waals surface area contributed by atoms with Crippen LogP contribution in [-0.4, -0.2) is 25.6 Å². The highest BCUT2D eigenvalue weighted by Crippen LogP contribution is 2.12. The van der Waals surface area contributed by atoms with Crippen molar-refractivity contribution in [2.24, 2.45) is 0 Å². The fourth-order valence-electron chi connectivity index (χ4n) is 2.36. The number of fused-ring (bicyclic) bond motifs is 1. The second kappa shape index (κ2) is 6.15. The summed E-state index contributed by atoms with van der Waals surface area (Å²) in [4.78, 5) is 33.2. The number of carbonyl (C=O) groups excluding carboxylic acids is 1. The zero-order valence-corrected chi connectivity index (χ0v) is 13.7. The van der Waals surface area contributed by atoms with Crippen molar-refractivity contribution in [3.8, 4) is 0 Å². The largest absolute Gasteiger partial charge is 0.323 e. The van der Waals surface area contributed by atoms with Crippen LogP contribution in [0.1, 0.15) is 24.0 Å². The van der Waals surface area contributed by atoms with E-state index < -0.39 is 11.6 Å². The Morgan fingerprint density at radius 3 is 2.75 bits per heavy atom. The van der Waals surface area contributed by atoms with Gasteiger partial charge in [-0.25, -0.2) is 9.78 Å². The van der Waals surface area contributed by atoms with Crippen LogP contribution in [0.2, 0.25) is 0 Å². The fourth-order valence-corrected chi connectivity index (χ4v) is 2.36. The molecule has 0 spiro atoms. The lowest BCUT2D eigenvalue weighted by Gasteiger charge is -2.09. The molecule has 0 unspecified atom stereocenters. The molecule has 0 aliphatic rings. The predicted octanol–water partition coefficient (Wildman–Crippen LogP) is 2.24. The first-order valence-corrected chi connectivity index (χ1v) is 7.61. The Kier molecular flexibility index (Phi) is 4.03. The number of anilines is 2. The molecule has 0 aliphatic carbocycles. The van der Waals surface area contributed by atoms with Crippen molar-refractivity contribution in [2.75, 3.05) is 10.6 Å². The number of aryl methyl sites for hydroxylation is 3. The van der Waals surface area contributed by atoms with Gasteiger partial charge in [0.15, 0.2) is 0 Å². The zero-order valence-electron chi connectivity index (χ0n) is 13.7. The molecule has 2 heterocycles. The van der Waals surface area contributed by atoms with Gasteiger partial charge in [-0.05, 0) is 31.5 Å². The number of aromatic nitrogens is 4. The number of hydrogen-bond acceptors (Lipinski definition) is 4. The first-order chi connectivity index (χ1) is 11.5. The van der Waals surface area contributed by atoms with Crippen LogP contribution in [0.4, 0.5) is 16.2 Å². The van der Waals surface area contributed by atoms with Crippen LogP contribution in [0.25, 0.3) is 5.78 Å². The van der Waals surface area contributed by atoms with Crippen LogP contribution >= 0.6 is 0 Å². The quantitative estimate of drug-likeness (QED) is 0.686. The Hall–Kier alpha value is -3.16. The Bertz CT molecular complexity index is 972. The minimum atomic E-state index is -0.502. The Morgan fingerprint density at radius 1 is 1.25 bits per heavy atom. The number of aromatic amines is 1. The van der Waals surface area contributed by atoms with E-state index in [4.69, 9.17) is 0 Å². The van der Waals surface area contributed by atoms with E-state index in [1.54, 1.807) is 13.0 Å². The van der Waals surface area contributed by atoms with Gasteiger partial charge in [0, 0.05) is 12.1 Å². The van der Waals surface area contributed by atoms with Crippen LogP contribution in [0.5, 0.6) is 0 Å². The lowest BCUT2D eigenvalue weighted by atomic mass is 10.2. The number of urea groups is 1. The third-order valence-electron chi connectivity index (χ3n) is 3.57. The van der Waals surface area contributed by atoms with Crippen molar-refractivity contribution < 1.29 is 4.79 Å². The van der Waals surface area contributed by atoms with Gasteiger partial charge in [-0.15, -0.1) is 0 Å². The molecule has 0 saturated heterocycles. The van der Waals surface area contributed by atoms with Gasteiger partial charge in [0.1, 0.15) is 11.5 Å². The highest BCUT2D eigenvalue weighted by Gasteiger charge is 2.15. The Morgan fingerprint density at radius 2 is 2.04 bits per heavy atom. The maximum absolute atomic E-state index is 12.5. The van der Waals surface area contributed by atoms with E-state index in [0.717, 1.165) is 5.56 Å². The summed E-state index contributed by atoms with van der Waals surface area (Å²) in [6, 6.07) is 6.88. The third-order valence-corrected chi connectivity index (χ3v) is 3.57. The van der Waals surface area contributed by atoms with Crippen molar-refractivity contribution in [3.63, 3.8) is 0 Å². The lowest BCUT2D eigenvalue weighted by molar-refractivity contribution is 0.262. The van der Waals surface area contributed by atoms with E-state index in [-0.39, 0.29) is 5.69 Å². The monoisotopic (exact) mass is 326 g/mol. The third kappa shape index (κ3) is 2.98. The van der Waals surface area contributed by atoms with Crippen molar-refractivity contribution in [2.45, 2.75) is 27.2 Å². The van der Waals surface area contributed by atoms with Crippen LogP contribution in [0, 0.1) is 13.8 Å². The van der Waals surface area contributed by atoms with Crippen molar-refractivity contribution in [3.05, 3.63) is 51.7 Å². The van der Waals surface area contributed by atoms with Crippen LogP contribution in [-0.2, 0) is 6.42 Å². The van der Waals surface area contributed by atoms with Crippen molar-refractivity contribution in [1.82, 2.24) is 19.6 Å². The summed E-state index contributed by atoms with van der Waals surface area (Å²) in [5.74, 6) is 0.944. The number of H-pyrrole nitrogens is 1. The first-order valence-electron chi connectivity index (χ1n) is 7.61. The zero-order chi connectivity index (χ0) is 17.3. The van der Waals surface area contributed by atoms with Gasteiger partial charge >= 0.3 is 6.03 Å². The van der Waals surface area contributed by atoms with E-state index in [2.05, 4.69) is 25.7 Å². The van der Waals surface area contributed by atoms with Gasteiger partial charge in [-0.1, -0.05) is 19.1 Å². The summed E-state index contributed by atoms with van der Waals surface area (Å²) in [7, 11) is 0. The molecule has 0 aliphatic heterocycles. The van der Waals surface area contributed by atoms with Crippen LogP contribution in [0.3, 0.4) is 0 Å². The number of nitrogens with one attached hydrogen (secondary N) is 3. The van der Waals surface area contributed by atoms with Crippen LogP contribution < -0.4 is 16.2 Å². The van der Waals surface area contributed by atoms with Crippen LogP contribution in [0.15, 0.2) is 29.1 Å². The first kappa shape index (κ1) is 15.7. The maximum atomic E-state index is 12.5. The maximum Gasteiger partial charge on any atom is 0.323 e. The molecule has 2 aromatic heterocycles. The molecular weight excluding hydrogens is 308 g/mol. The summed E-state index contributed by atoms with van der Waals surface area (Å²) >= 11 is 0. The summed E-state index contributed by atoms with van der Waals surface area (Å²) < 4.78 is 1.23. The summed E-state index contributed by atoms with van der Waals surface area (Å²) in [6.07, 6.45) is 0.651. The molecule has 0 atom stereocenters. The number of carbonyl (C=O) groups is 1. The average Bonchev–Trinajstić information content (AvgIpc) is 2.94. The van der Waals surface area contributed by atoms with Gasteiger partial charge in [0.2, 0.25) is 0 Å². The van der Waals surface area contributed by atoms with E-state index >= 15 is 0 Å². The van der Waals surface area contributed by atoms with Gasteiger partial charge in [0.05, 0.1) is 5.69 Å². The molecule has 124 valence electrons. The molecule has 8 heteroatoms. The van der Waals surface area contributed by atoms with E-state index in [9.17, 15) is 9.59 Å². The van der Waals surface area contributed by atoms with Crippen molar-refractivity contribution >= 4 is 23.2 Å². The highest BCUT2D eigenvalue weighted by molar-refractivity contribution is 6.00. The summed E-state index contributed by atoms with van der Waals surface area (Å²) in [5.41, 5.74) is 1.80. The van der Waals surface area contributed by atoms with Crippen molar-refractivity contribution in [1.29, 1.82) is 0 Å². The average molecular weight is 326 g/mol. The summed E-state index contributed by atoms with van der Waals surface area (Å²) in [6.45, 7) is 5.51. The molecular formula is C16H18N6O2. The molecule has 0 fully saturated rings. The highest BCUT2D eigenvalue weighted by atomic mass is 16.2. The lowest BCUT2D eigenvalue weighted by Crippen LogP contribution is -2.28. The standard InChI is InChI=1S/C16H18N6O2/c1-4-12-19-15-17-10(3)13(14(23)22(15)21-12)20-16(24)18-11-7-5-6-9(2)8-11/h5-8H,4H2,1-3H3,(H,17,19,21)(H2,18,20,24). The van der Waals surface area contributed by atoms with Gasteiger partial charge in [-0.3, -0.25) is 9.89 Å². The SMILES string of the molecule is CCc1nc2nc(C)c(NC(=O)Nc3cccc(C)c3)c(=O)n2[nH]1. The normalized spacial score (nSPS) is 10.8. The molecule has 2 amide bonds. The van der Waals surface area contributed by atoms with Gasteiger partial charge in [0.25, 0.3) is 11.3 Å². The molecule has 0 saturated carbocycles. The fraction of sp³-hybridized carbons (Fsp3) is 0.250. The molecule has 3 rings (SSSR count). The molecule has 1 aromatic carbocycles. The molecule has 8 nitrogen and oxygen atoms in total. The van der Waals surface area contributed by atoms with E-state index in [0.29, 0.717) is 29.4 Å². The Labute approximate surface area is 137 Å².